The van der Waals surface area contributed by atoms with Gasteiger partial charge in [0.15, 0.2) is 5.96 Å². The van der Waals surface area contributed by atoms with E-state index in [4.69, 9.17) is 10.5 Å². The Morgan fingerprint density at radius 2 is 2.56 bits per heavy atom. The quantitative estimate of drug-likeness (QED) is 0.329. The first-order chi connectivity index (χ1) is 8.72. The highest BCUT2D eigenvalue weighted by Crippen LogP contribution is 2.20. The number of hydrogen-bond acceptors (Lipinski definition) is 5. The van der Waals surface area contributed by atoms with Crippen molar-refractivity contribution in [1.29, 1.82) is 0 Å². The highest BCUT2D eigenvalue weighted by molar-refractivity contribution is 8.00. The Bertz CT molecular complexity index is 343. The Kier molecular flexibility index (Phi) is 7.79. The van der Waals surface area contributed by atoms with Gasteiger partial charge in [0.2, 0.25) is 0 Å². The number of guanidine groups is 1. The summed E-state index contributed by atoms with van der Waals surface area (Å²) >= 11 is 3.42. The zero-order chi connectivity index (χ0) is 13.2. The maximum Gasteiger partial charge on any atom is 0.188 e. The molecule has 1 aromatic heterocycles. The summed E-state index contributed by atoms with van der Waals surface area (Å²) in [5, 5.41) is 5.06. The zero-order valence-electron chi connectivity index (χ0n) is 10.8. The molecule has 18 heavy (non-hydrogen) atoms. The molecule has 0 aromatic carbocycles. The summed E-state index contributed by atoms with van der Waals surface area (Å²) < 4.78 is 6.12. The van der Waals surface area contributed by atoms with Gasteiger partial charge in [-0.3, -0.25) is 4.99 Å². The number of methoxy groups -OCH3 is 1. The minimum atomic E-state index is 0.184. The van der Waals surface area contributed by atoms with Crippen molar-refractivity contribution in [3.63, 3.8) is 0 Å². The van der Waals surface area contributed by atoms with Crippen LogP contribution in [-0.2, 0) is 4.74 Å². The molecular weight excluding hydrogens is 268 g/mol. The number of nitrogens with two attached hydrogens (primary N) is 1. The largest absolute Gasteiger partial charge is 0.383 e. The van der Waals surface area contributed by atoms with E-state index in [0.717, 1.165) is 23.1 Å². The molecule has 7 heteroatoms. The maximum absolute atomic E-state index is 5.75. The molecule has 1 rings (SSSR count). The smallest absolute Gasteiger partial charge is 0.188 e. The second-order valence-electron chi connectivity index (χ2n) is 3.77. The second-order valence-corrected chi connectivity index (χ2v) is 6.00. The molecule has 102 valence electrons. The first kappa shape index (κ1) is 15.3. The van der Waals surface area contributed by atoms with Crippen molar-refractivity contribution in [3.8, 4) is 0 Å². The van der Waals surface area contributed by atoms with Gasteiger partial charge in [-0.2, -0.15) is 0 Å². The van der Waals surface area contributed by atoms with Crippen molar-refractivity contribution < 1.29 is 4.74 Å². The van der Waals surface area contributed by atoms with Crippen molar-refractivity contribution in [2.24, 2.45) is 10.7 Å². The van der Waals surface area contributed by atoms with Gasteiger partial charge in [0.1, 0.15) is 4.34 Å². The summed E-state index contributed by atoms with van der Waals surface area (Å²) in [5.41, 5.74) is 5.75. The summed E-state index contributed by atoms with van der Waals surface area (Å²) in [6, 6.07) is 0.184. The van der Waals surface area contributed by atoms with Crippen molar-refractivity contribution in [2.75, 3.05) is 26.0 Å². The molecule has 0 bridgehead atoms. The van der Waals surface area contributed by atoms with Gasteiger partial charge >= 0.3 is 0 Å². The van der Waals surface area contributed by atoms with Crippen LogP contribution in [-0.4, -0.2) is 43.0 Å². The molecule has 5 nitrogen and oxygen atoms in total. The van der Waals surface area contributed by atoms with E-state index in [0.29, 0.717) is 12.6 Å². The van der Waals surface area contributed by atoms with E-state index < -0.39 is 0 Å². The molecule has 0 aliphatic heterocycles. The van der Waals surface area contributed by atoms with Crippen LogP contribution in [0.25, 0.3) is 0 Å². The van der Waals surface area contributed by atoms with E-state index in [1.807, 2.05) is 18.5 Å². The van der Waals surface area contributed by atoms with Gasteiger partial charge in [0.25, 0.3) is 0 Å². The van der Waals surface area contributed by atoms with Crippen molar-refractivity contribution in [3.05, 3.63) is 11.6 Å². The van der Waals surface area contributed by atoms with Crippen LogP contribution in [0.4, 0.5) is 0 Å². The lowest BCUT2D eigenvalue weighted by molar-refractivity contribution is 0.179. The van der Waals surface area contributed by atoms with Crippen molar-refractivity contribution in [2.45, 2.75) is 23.7 Å². The molecule has 0 spiro atoms. The molecule has 3 N–H and O–H groups in total. The van der Waals surface area contributed by atoms with E-state index >= 15 is 0 Å². The number of nitrogens with zero attached hydrogens (tertiary/aromatic N) is 2. The fourth-order valence-electron chi connectivity index (χ4n) is 1.29. The molecule has 0 amide bonds. The Balaban J connectivity index is 2.08. The Morgan fingerprint density at radius 3 is 3.22 bits per heavy atom. The number of thioether (sulfide) groups is 1. The summed E-state index contributed by atoms with van der Waals surface area (Å²) in [6.07, 6.45) is 2.82. The predicted molar refractivity (Wildman–Crippen MR) is 78.4 cm³/mol. The third kappa shape index (κ3) is 6.83. The topological polar surface area (TPSA) is 72.5 Å². The average molecular weight is 288 g/mol. The van der Waals surface area contributed by atoms with Gasteiger partial charge in [-0.05, 0) is 13.3 Å². The summed E-state index contributed by atoms with van der Waals surface area (Å²) in [4.78, 5) is 8.47. The van der Waals surface area contributed by atoms with Crippen LogP contribution < -0.4 is 11.1 Å². The molecule has 1 heterocycles. The van der Waals surface area contributed by atoms with E-state index in [2.05, 4.69) is 15.3 Å². The third-order valence-electron chi connectivity index (χ3n) is 2.03. The minimum absolute atomic E-state index is 0.184. The summed E-state index contributed by atoms with van der Waals surface area (Å²) in [7, 11) is 1.67. The lowest BCUT2D eigenvalue weighted by atomic mass is 10.4. The molecule has 1 unspecified atom stereocenters. The van der Waals surface area contributed by atoms with E-state index in [1.165, 1.54) is 0 Å². The monoisotopic (exact) mass is 288 g/mol. The number of aliphatic imine (C=N–C) groups is 1. The first-order valence-electron chi connectivity index (χ1n) is 5.80. The van der Waals surface area contributed by atoms with Crippen LogP contribution in [0.15, 0.2) is 20.9 Å². The average Bonchev–Trinajstić information content (AvgIpc) is 2.81. The van der Waals surface area contributed by atoms with Gasteiger partial charge in [-0.25, -0.2) is 4.98 Å². The van der Waals surface area contributed by atoms with Gasteiger partial charge in [-0.1, -0.05) is 11.8 Å². The van der Waals surface area contributed by atoms with Crippen LogP contribution >= 0.6 is 23.1 Å². The van der Waals surface area contributed by atoms with Crippen molar-refractivity contribution in [1.82, 2.24) is 10.3 Å². The summed E-state index contributed by atoms with van der Waals surface area (Å²) in [6.45, 7) is 3.36. The minimum Gasteiger partial charge on any atom is -0.383 e. The summed E-state index contributed by atoms with van der Waals surface area (Å²) in [5.74, 6) is 1.50. The number of ether oxygens (including phenoxy) is 1. The third-order valence-corrected chi connectivity index (χ3v) is 4.08. The SMILES string of the molecule is COCC(C)NC(N)=NCCCSc1nccs1. The van der Waals surface area contributed by atoms with Crippen LogP contribution in [0.1, 0.15) is 13.3 Å². The van der Waals surface area contributed by atoms with Crippen molar-refractivity contribution >= 4 is 29.1 Å². The Labute approximate surface area is 116 Å². The molecule has 0 saturated carbocycles. The van der Waals surface area contributed by atoms with Crippen LogP contribution in [0.2, 0.25) is 0 Å². The number of hydrogen-bond donors (Lipinski definition) is 2. The molecule has 1 atom stereocenters. The van der Waals surface area contributed by atoms with E-state index in [-0.39, 0.29) is 6.04 Å². The van der Waals surface area contributed by atoms with Crippen LogP contribution in [0, 0.1) is 0 Å². The first-order valence-corrected chi connectivity index (χ1v) is 7.66. The lowest BCUT2D eigenvalue weighted by Crippen LogP contribution is -2.40. The standard InChI is InChI=1S/C11H20N4OS2/c1-9(8-16-2)15-10(12)13-4-3-6-17-11-14-5-7-18-11/h5,7,9H,3-4,6,8H2,1-2H3,(H3,12,13,15). The Morgan fingerprint density at radius 1 is 1.72 bits per heavy atom. The molecule has 1 aromatic rings. The molecule has 0 fully saturated rings. The van der Waals surface area contributed by atoms with Gasteiger partial charge in [-0.15, -0.1) is 11.3 Å². The zero-order valence-corrected chi connectivity index (χ0v) is 12.4. The van der Waals surface area contributed by atoms with Crippen LogP contribution in [0.5, 0.6) is 0 Å². The lowest BCUT2D eigenvalue weighted by Gasteiger charge is -2.12. The normalized spacial score (nSPS) is 13.6. The number of rotatable bonds is 8. The molecule has 0 saturated heterocycles. The fourth-order valence-corrected chi connectivity index (χ4v) is 2.93. The van der Waals surface area contributed by atoms with Gasteiger partial charge in [0.05, 0.1) is 6.61 Å². The fraction of sp³-hybridized carbons (Fsp3) is 0.636. The molecule has 0 radical (unpaired) electrons. The second kappa shape index (κ2) is 9.18. The van der Waals surface area contributed by atoms with E-state index in [1.54, 1.807) is 30.2 Å². The van der Waals surface area contributed by atoms with E-state index in [9.17, 15) is 0 Å². The number of nitrogens with one attached hydrogen (secondary N) is 1. The highest BCUT2D eigenvalue weighted by Gasteiger charge is 2.01. The predicted octanol–water partition coefficient (Wildman–Crippen LogP) is 1.56. The molecule has 0 aliphatic carbocycles. The molecule has 0 aliphatic rings. The Hall–Kier alpha value is -0.790. The van der Waals surface area contributed by atoms with Gasteiger partial charge < -0.3 is 15.8 Å². The number of aromatic nitrogens is 1. The number of thiazole rings is 1. The maximum atomic E-state index is 5.75. The molecular formula is C11H20N4OS2. The van der Waals surface area contributed by atoms with Crippen LogP contribution in [0.3, 0.4) is 0 Å². The highest BCUT2D eigenvalue weighted by atomic mass is 32.2. The van der Waals surface area contributed by atoms with Gasteiger partial charge in [0, 0.05) is 37.0 Å².